The van der Waals surface area contributed by atoms with Crippen LogP contribution >= 0.6 is 12.6 Å². The second-order valence-corrected chi connectivity index (χ2v) is 3.63. The molecule has 0 aromatic rings. The minimum Gasteiger partial charge on any atom is -0.324 e. The van der Waals surface area contributed by atoms with Gasteiger partial charge in [0.2, 0.25) is 0 Å². The third-order valence-corrected chi connectivity index (χ3v) is 2.18. The summed E-state index contributed by atoms with van der Waals surface area (Å²) in [7, 11) is -2.83. The molecule has 0 amide bonds. The minimum absolute atomic E-state index is 0.260. The number of rotatable bonds is 3. The van der Waals surface area contributed by atoms with Crippen molar-refractivity contribution >= 4 is 12.6 Å². The van der Waals surface area contributed by atoms with Crippen molar-refractivity contribution in [3.05, 3.63) is 12.4 Å². The summed E-state index contributed by atoms with van der Waals surface area (Å²) >= 11 is 3.93. The maximum atomic E-state index is 10.3. The lowest BCUT2D eigenvalue weighted by atomic mass is 10.8. The van der Waals surface area contributed by atoms with E-state index >= 15 is 0 Å². The molecule has 0 fully saturated rings. The van der Waals surface area contributed by atoms with E-state index in [1.807, 2.05) is 0 Å². The number of thiol groups is 1. The van der Waals surface area contributed by atoms with E-state index in [2.05, 4.69) is 16.9 Å². The number of hydrogen-bond donors (Lipinski definition) is 1. The van der Waals surface area contributed by atoms with Gasteiger partial charge >= 0.3 is 6.35 Å². The van der Waals surface area contributed by atoms with Crippen LogP contribution in [0.25, 0.3) is 0 Å². The van der Waals surface area contributed by atoms with Crippen molar-refractivity contribution in [2.75, 3.05) is 12.9 Å². The van der Waals surface area contributed by atoms with Gasteiger partial charge in [-0.3, -0.25) is 0 Å². The Morgan fingerprint density at radius 1 is 1.46 bits per heavy atom. The van der Waals surface area contributed by atoms with Gasteiger partial charge in [0.15, 0.2) is 0 Å². The standard InChI is InChI=1S/C5H9ClN2O4S/c1-7-2-3-8(4-13)5(7)12-6(9,10)11/h2-3,5,13H,4H2,1H3. The Bertz CT molecular complexity index is 209. The monoisotopic (exact) mass is 228 g/mol. The molecule has 13 heavy (non-hydrogen) atoms. The van der Waals surface area contributed by atoms with Crippen molar-refractivity contribution in [1.82, 2.24) is 9.80 Å². The molecule has 0 aromatic carbocycles. The molecule has 0 aromatic heterocycles. The van der Waals surface area contributed by atoms with Gasteiger partial charge in [-0.25, -0.2) is 0 Å². The van der Waals surface area contributed by atoms with Gasteiger partial charge in [-0.2, -0.15) is 26.6 Å². The number of hydrogen-bond acceptors (Lipinski definition) is 7. The first-order chi connectivity index (χ1) is 5.94. The summed E-state index contributed by atoms with van der Waals surface area (Å²) in [6.07, 6.45) is 2.24. The van der Waals surface area contributed by atoms with Crippen LogP contribution < -0.4 is 14.0 Å². The highest BCUT2D eigenvalue weighted by molar-refractivity contribution is 7.80. The molecule has 1 aliphatic rings. The van der Waals surface area contributed by atoms with E-state index in [4.69, 9.17) is 0 Å². The van der Waals surface area contributed by atoms with Crippen molar-refractivity contribution in [1.29, 1.82) is 0 Å². The van der Waals surface area contributed by atoms with Gasteiger partial charge in [0.05, 0.1) is 16.1 Å². The molecule has 8 heteroatoms. The van der Waals surface area contributed by atoms with Gasteiger partial charge in [-0.15, -0.1) is 0 Å². The minimum atomic E-state index is -4.42. The summed E-state index contributed by atoms with van der Waals surface area (Å²) in [5.41, 5.74) is 0. The van der Waals surface area contributed by atoms with Crippen molar-refractivity contribution < 1.29 is 28.5 Å². The van der Waals surface area contributed by atoms with Gasteiger partial charge < -0.3 is 9.80 Å². The average Bonchev–Trinajstić information content (AvgIpc) is 2.30. The fraction of sp³-hybridized carbons (Fsp3) is 0.600. The van der Waals surface area contributed by atoms with E-state index in [1.165, 1.54) is 9.80 Å². The van der Waals surface area contributed by atoms with Crippen molar-refractivity contribution in [3.8, 4) is 0 Å². The van der Waals surface area contributed by atoms with Crippen LogP contribution in [0.3, 0.4) is 0 Å². The van der Waals surface area contributed by atoms with Crippen LogP contribution in [0.4, 0.5) is 0 Å². The molecule has 1 aliphatic heterocycles. The van der Waals surface area contributed by atoms with E-state index < -0.39 is 16.6 Å². The number of nitrogens with zero attached hydrogens (tertiary/aromatic N) is 2. The Labute approximate surface area is 83.1 Å². The second kappa shape index (κ2) is 3.91. The quantitative estimate of drug-likeness (QED) is 0.512. The van der Waals surface area contributed by atoms with Crippen LogP contribution in [0.15, 0.2) is 12.4 Å². The second-order valence-electron chi connectivity index (χ2n) is 2.41. The van der Waals surface area contributed by atoms with Gasteiger partial charge in [0.1, 0.15) is 4.29 Å². The first-order valence-corrected chi connectivity index (χ1v) is 5.17. The van der Waals surface area contributed by atoms with Crippen molar-refractivity contribution in [2.45, 2.75) is 6.35 Å². The van der Waals surface area contributed by atoms with E-state index in [1.54, 1.807) is 19.4 Å². The molecule has 0 aliphatic carbocycles. The fourth-order valence-electron chi connectivity index (χ4n) is 0.901. The molecule has 0 saturated carbocycles. The van der Waals surface area contributed by atoms with Gasteiger partial charge in [-0.1, -0.05) is 0 Å². The summed E-state index contributed by atoms with van der Waals surface area (Å²) in [5.74, 6) is 0.260. The predicted molar refractivity (Wildman–Crippen MR) is 37.5 cm³/mol. The molecular formula is C5H9ClN2O4S. The lowest BCUT2D eigenvalue weighted by molar-refractivity contribution is -1.92. The van der Waals surface area contributed by atoms with Gasteiger partial charge in [0, 0.05) is 19.4 Å². The van der Waals surface area contributed by atoms with Gasteiger partial charge in [0.25, 0.3) is 0 Å². The molecule has 0 N–H and O–H groups in total. The van der Waals surface area contributed by atoms with E-state index in [0.717, 1.165) is 0 Å². The van der Waals surface area contributed by atoms with Crippen LogP contribution in [0, 0.1) is 10.2 Å². The fourth-order valence-corrected chi connectivity index (χ4v) is 1.56. The first-order valence-electron chi connectivity index (χ1n) is 3.30. The van der Waals surface area contributed by atoms with E-state index in [9.17, 15) is 14.0 Å². The molecule has 1 heterocycles. The van der Waals surface area contributed by atoms with Crippen LogP contribution in [-0.4, -0.2) is 29.1 Å². The Morgan fingerprint density at radius 3 is 2.54 bits per heavy atom. The highest BCUT2D eigenvalue weighted by atomic mass is 35.7. The van der Waals surface area contributed by atoms with E-state index in [0.29, 0.717) is 0 Å². The Hall–Kier alpha value is -0.180. The lowest BCUT2D eigenvalue weighted by Crippen LogP contribution is -2.64. The van der Waals surface area contributed by atoms with Crippen LogP contribution in [0.5, 0.6) is 0 Å². The highest BCUT2D eigenvalue weighted by Gasteiger charge is 2.37. The largest absolute Gasteiger partial charge is 0.365 e. The average molecular weight is 229 g/mol. The molecule has 1 rings (SSSR count). The molecule has 0 saturated heterocycles. The molecule has 6 nitrogen and oxygen atoms in total. The molecule has 1 atom stereocenters. The lowest BCUT2D eigenvalue weighted by Gasteiger charge is -2.25. The first kappa shape index (κ1) is 10.9. The summed E-state index contributed by atoms with van der Waals surface area (Å²) in [6, 6.07) is 0. The Morgan fingerprint density at radius 2 is 2.08 bits per heavy atom. The zero-order valence-electron chi connectivity index (χ0n) is 6.79. The third-order valence-electron chi connectivity index (χ3n) is 1.48. The molecule has 1 unspecified atom stereocenters. The topological polar surface area (TPSA) is 84.9 Å². The van der Waals surface area contributed by atoms with Crippen molar-refractivity contribution in [3.63, 3.8) is 0 Å². The normalized spacial score (nSPS) is 23.0. The zero-order chi connectivity index (χ0) is 10.1. The van der Waals surface area contributed by atoms with Crippen LogP contribution in [0.1, 0.15) is 0 Å². The molecule has 0 radical (unpaired) electrons. The Kier molecular flexibility index (Phi) is 3.28. The van der Waals surface area contributed by atoms with Crippen LogP contribution in [0.2, 0.25) is 0 Å². The number of halogens is 1. The van der Waals surface area contributed by atoms with Crippen LogP contribution in [-0.2, 0) is 4.29 Å². The van der Waals surface area contributed by atoms with Crippen molar-refractivity contribution in [2.24, 2.45) is 0 Å². The predicted octanol–water partition coefficient (Wildman–Crippen LogP) is -3.21. The maximum absolute atomic E-state index is 10.3. The molecule has 0 bridgehead atoms. The smallest absolute Gasteiger partial charge is 0.324 e. The summed E-state index contributed by atoms with van der Waals surface area (Å²) in [6.45, 7) is 0. The third kappa shape index (κ3) is 2.90. The van der Waals surface area contributed by atoms with E-state index in [-0.39, 0.29) is 5.88 Å². The zero-order valence-corrected chi connectivity index (χ0v) is 8.44. The highest BCUT2D eigenvalue weighted by Crippen LogP contribution is 2.17. The Balaban J connectivity index is 2.58. The summed E-state index contributed by atoms with van der Waals surface area (Å²) < 4.78 is 35.1. The molecular weight excluding hydrogens is 220 g/mol. The summed E-state index contributed by atoms with van der Waals surface area (Å²) in [5, 5.41) is 0. The molecule has 0 spiro atoms. The van der Waals surface area contributed by atoms with Gasteiger partial charge in [-0.05, 0) is 0 Å². The summed E-state index contributed by atoms with van der Waals surface area (Å²) in [4.78, 5) is 2.89. The molecule has 76 valence electrons. The maximum Gasteiger partial charge on any atom is 0.365 e. The SMILES string of the molecule is CN1C=CN(CS)C1O[Cl+3]([O-])([O-])[O-].